The van der Waals surface area contributed by atoms with Crippen molar-refractivity contribution in [2.75, 3.05) is 23.4 Å². The highest BCUT2D eigenvalue weighted by atomic mass is 32.1. The molecule has 8 heteroatoms. The van der Waals surface area contributed by atoms with E-state index < -0.39 is 5.41 Å². The zero-order valence-corrected chi connectivity index (χ0v) is 19.0. The molecule has 0 saturated carbocycles. The van der Waals surface area contributed by atoms with E-state index in [0.717, 1.165) is 29.4 Å². The van der Waals surface area contributed by atoms with Gasteiger partial charge in [0.2, 0.25) is 5.91 Å². The van der Waals surface area contributed by atoms with Crippen molar-refractivity contribution >= 4 is 46.0 Å². The number of amides is 2. The van der Waals surface area contributed by atoms with E-state index in [1.165, 1.54) is 0 Å². The highest BCUT2D eigenvalue weighted by molar-refractivity contribution is 7.00. The second kappa shape index (κ2) is 8.26. The van der Waals surface area contributed by atoms with Gasteiger partial charge >= 0.3 is 0 Å². The van der Waals surface area contributed by atoms with Gasteiger partial charge in [-0.05, 0) is 56.5 Å². The van der Waals surface area contributed by atoms with Crippen LogP contribution >= 0.6 is 11.7 Å². The molecule has 3 aromatic rings. The van der Waals surface area contributed by atoms with E-state index in [2.05, 4.69) is 27.9 Å². The zero-order valence-electron chi connectivity index (χ0n) is 18.1. The average molecular weight is 439 g/mol. The quantitative estimate of drug-likeness (QED) is 0.622. The molecule has 2 heterocycles. The molecular weight excluding hydrogens is 412 g/mol. The summed E-state index contributed by atoms with van der Waals surface area (Å²) in [5.41, 5.74) is 2.70. The normalized spacial score (nSPS) is 15.5. The van der Waals surface area contributed by atoms with Crippen LogP contribution in [0.25, 0.3) is 11.0 Å². The van der Waals surface area contributed by atoms with Crippen molar-refractivity contribution in [3.8, 4) is 5.75 Å². The van der Waals surface area contributed by atoms with Crippen LogP contribution in [0.2, 0.25) is 0 Å². The molecule has 0 spiro atoms. The number of hydrogen-bond acceptors (Lipinski definition) is 6. The molecule has 0 unspecified atom stereocenters. The minimum atomic E-state index is -0.629. The number of aromatic nitrogens is 2. The molecule has 0 fully saturated rings. The average Bonchev–Trinajstić information content (AvgIpc) is 3.17. The van der Waals surface area contributed by atoms with Crippen molar-refractivity contribution in [3.63, 3.8) is 0 Å². The number of ether oxygens (including phenoxy) is 1. The van der Waals surface area contributed by atoms with Crippen LogP contribution in [0.5, 0.6) is 5.75 Å². The number of hydrogen-bond donors (Lipinski definition) is 1. The van der Waals surface area contributed by atoms with E-state index in [1.807, 2.05) is 24.8 Å². The number of nitrogens with zero attached hydrogens (tertiary/aromatic N) is 3. The Bertz CT molecular complexity index is 1140. The lowest BCUT2D eigenvalue weighted by Crippen LogP contribution is -2.42. The fraction of sp³-hybridized carbons (Fsp3) is 0.391. The zero-order chi connectivity index (χ0) is 22.2. The largest absolute Gasteiger partial charge is 0.490 e. The molecule has 4 rings (SSSR count). The summed E-state index contributed by atoms with van der Waals surface area (Å²) in [7, 11) is 0. The first kappa shape index (κ1) is 21.2. The fourth-order valence-corrected chi connectivity index (χ4v) is 3.98. The van der Waals surface area contributed by atoms with Crippen molar-refractivity contribution in [2.45, 2.75) is 34.1 Å². The highest BCUT2D eigenvalue weighted by Crippen LogP contribution is 2.38. The van der Waals surface area contributed by atoms with Crippen molar-refractivity contribution in [2.24, 2.45) is 11.3 Å². The summed E-state index contributed by atoms with van der Waals surface area (Å²) in [6.07, 6.45) is 0.897. The van der Waals surface area contributed by atoms with Crippen molar-refractivity contribution < 1.29 is 14.3 Å². The van der Waals surface area contributed by atoms with Crippen LogP contribution in [-0.2, 0) is 4.79 Å². The SMILES string of the molecule is CC(C)CCN1C(=O)C(C)(C)COc2cc(NC(=O)c3ccc4nsnc4c3)ccc21. The molecule has 1 N–H and O–H groups in total. The van der Waals surface area contributed by atoms with Crippen LogP contribution in [-0.4, -0.2) is 33.7 Å². The van der Waals surface area contributed by atoms with Crippen LogP contribution in [0.1, 0.15) is 44.5 Å². The molecule has 7 nitrogen and oxygen atoms in total. The van der Waals surface area contributed by atoms with E-state index in [4.69, 9.17) is 4.74 Å². The third-order valence-corrected chi connectivity index (χ3v) is 5.92. The van der Waals surface area contributed by atoms with Gasteiger partial charge in [-0.25, -0.2) is 0 Å². The van der Waals surface area contributed by atoms with Crippen molar-refractivity contribution in [1.29, 1.82) is 0 Å². The number of carbonyl (C=O) groups excluding carboxylic acids is 2. The highest BCUT2D eigenvalue weighted by Gasteiger charge is 2.37. The minimum absolute atomic E-state index is 0.0499. The van der Waals surface area contributed by atoms with E-state index in [-0.39, 0.29) is 18.4 Å². The molecule has 1 aliphatic heterocycles. The molecule has 31 heavy (non-hydrogen) atoms. The molecule has 0 atom stereocenters. The third-order valence-electron chi connectivity index (χ3n) is 5.37. The Labute approximate surface area is 185 Å². The van der Waals surface area contributed by atoms with Crippen LogP contribution in [0.3, 0.4) is 0 Å². The number of rotatable bonds is 5. The first-order chi connectivity index (χ1) is 14.7. The van der Waals surface area contributed by atoms with Crippen LogP contribution in [0.15, 0.2) is 36.4 Å². The molecule has 1 aliphatic rings. The molecule has 2 amide bonds. The molecule has 162 valence electrons. The lowest BCUT2D eigenvalue weighted by Gasteiger charge is -2.28. The molecule has 1 aromatic heterocycles. The van der Waals surface area contributed by atoms with E-state index >= 15 is 0 Å². The molecule has 0 aliphatic carbocycles. The lowest BCUT2D eigenvalue weighted by atomic mass is 9.92. The Morgan fingerprint density at radius 2 is 1.97 bits per heavy atom. The molecule has 0 saturated heterocycles. The predicted molar refractivity (Wildman–Crippen MR) is 123 cm³/mol. The maximum atomic E-state index is 13.1. The summed E-state index contributed by atoms with van der Waals surface area (Å²) in [6.45, 7) is 8.99. The minimum Gasteiger partial charge on any atom is -0.490 e. The van der Waals surface area contributed by atoms with Gasteiger partial charge in [0.05, 0.1) is 22.8 Å². The molecular formula is C23H26N4O3S. The molecule has 0 bridgehead atoms. The van der Waals surface area contributed by atoms with E-state index in [1.54, 1.807) is 30.3 Å². The smallest absolute Gasteiger partial charge is 0.255 e. The standard InChI is InChI=1S/C23H26N4O3S/c1-14(2)9-10-27-19-8-6-16(12-20(19)30-13-23(3,4)22(27)29)24-21(28)15-5-7-17-18(11-15)26-31-25-17/h5-8,11-12,14H,9-10,13H2,1-4H3,(H,24,28). The number of carbonyl (C=O) groups is 2. The van der Waals surface area contributed by atoms with E-state index in [0.29, 0.717) is 35.0 Å². The van der Waals surface area contributed by atoms with Gasteiger partial charge in [0, 0.05) is 23.9 Å². The van der Waals surface area contributed by atoms with Crippen LogP contribution < -0.4 is 15.0 Å². The summed E-state index contributed by atoms with van der Waals surface area (Å²) in [5, 5.41) is 2.92. The maximum absolute atomic E-state index is 13.1. The number of anilines is 2. The summed E-state index contributed by atoms with van der Waals surface area (Å²) in [6, 6.07) is 10.7. The number of fused-ring (bicyclic) bond motifs is 2. The Morgan fingerprint density at radius 3 is 2.74 bits per heavy atom. The summed E-state index contributed by atoms with van der Waals surface area (Å²) in [5.74, 6) is 0.886. The van der Waals surface area contributed by atoms with Gasteiger partial charge in [0.25, 0.3) is 5.91 Å². The Morgan fingerprint density at radius 1 is 1.19 bits per heavy atom. The summed E-state index contributed by atoms with van der Waals surface area (Å²) in [4.78, 5) is 27.7. The van der Waals surface area contributed by atoms with Crippen LogP contribution in [0.4, 0.5) is 11.4 Å². The molecule has 2 aromatic carbocycles. The van der Waals surface area contributed by atoms with Gasteiger partial charge in [-0.3, -0.25) is 9.59 Å². The van der Waals surface area contributed by atoms with Crippen molar-refractivity contribution in [1.82, 2.24) is 8.75 Å². The van der Waals surface area contributed by atoms with Gasteiger partial charge in [-0.2, -0.15) is 8.75 Å². The summed E-state index contributed by atoms with van der Waals surface area (Å²) < 4.78 is 14.4. The first-order valence-corrected chi connectivity index (χ1v) is 11.1. The Kier molecular flexibility index (Phi) is 5.66. The summed E-state index contributed by atoms with van der Waals surface area (Å²) >= 11 is 1.12. The number of nitrogens with one attached hydrogen (secondary N) is 1. The second-order valence-electron chi connectivity index (χ2n) is 8.92. The second-order valence-corrected chi connectivity index (χ2v) is 9.44. The predicted octanol–water partition coefficient (Wildman–Crippen LogP) is 4.74. The maximum Gasteiger partial charge on any atom is 0.255 e. The van der Waals surface area contributed by atoms with Crippen molar-refractivity contribution in [3.05, 3.63) is 42.0 Å². The first-order valence-electron chi connectivity index (χ1n) is 10.4. The fourth-order valence-electron chi connectivity index (χ4n) is 3.46. The van der Waals surface area contributed by atoms with Gasteiger partial charge in [-0.15, -0.1) is 0 Å². The van der Waals surface area contributed by atoms with Crippen LogP contribution in [0, 0.1) is 11.3 Å². The van der Waals surface area contributed by atoms with Gasteiger partial charge in [0.1, 0.15) is 23.4 Å². The van der Waals surface area contributed by atoms with E-state index in [9.17, 15) is 9.59 Å². The Balaban J connectivity index is 1.60. The third kappa shape index (κ3) is 4.39. The lowest BCUT2D eigenvalue weighted by molar-refractivity contribution is -0.127. The van der Waals surface area contributed by atoms with Gasteiger partial charge in [-0.1, -0.05) is 13.8 Å². The Hall–Kier alpha value is -3.00. The number of benzene rings is 2. The monoisotopic (exact) mass is 438 g/mol. The van der Waals surface area contributed by atoms with Gasteiger partial charge < -0.3 is 15.0 Å². The van der Waals surface area contributed by atoms with Gasteiger partial charge in [0.15, 0.2) is 0 Å². The molecule has 0 radical (unpaired) electrons. The topological polar surface area (TPSA) is 84.4 Å².